The maximum Gasteiger partial charge on any atom is 0.410 e. The van der Waals surface area contributed by atoms with Gasteiger partial charge in [0.25, 0.3) is 0 Å². The van der Waals surface area contributed by atoms with Crippen molar-refractivity contribution in [1.29, 1.82) is 0 Å². The van der Waals surface area contributed by atoms with E-state index in [9.17, 15) is 9.90 Å². The van der Waals surface area contributed by atoms with Crippen LogP contribution in [0.15, 0.2) is 4.99 Å². The minimum absolute atomic E-state index is 0.239. The highest BCUT2D eigenvalue weighted by Gasteiger charge is 2.28. The van der Waals surface area contributed by atoms with Gasteiger partial charge < -0.3 is 30.1 Å². The molecule has 2 atom stereocenters. The quantitative estimate of drug-likeness (QED) is 0.404. The third kappa shape index (κ3) is 10.1. The van der Waals surface area contributed by atoms with E-state index in [1.807, 2.05) is 34.6 Å². The molecule has 2 unspecified atom stereocenters. The van der Waals surface area contributed by atoms with Crippen LogP contribution in [0.3, 0.4) is 0 Å². The van der Waals surface area contributed by atoms with Gasteiger partial charge in [-0.05, 0) is 53.4 Å². The molecule has 0 saturated carbocycles. The molecule has 0 aliphatic carbocycles. The van der Waals surface area contributed by atoms with Crippen molar-refractivity contribution in [1.82, 2.24) is 20.4 Å². The predicted molar refractivity (Wildman–Crippen MR) is 122 cm³/mol. The van der Waals surface area contributed by atoms with Gasteiger partial charge in [0, 0.05) is 45.8 Å². The Morgan fingerprint density at radius 2 is 1.90 bits per heavy atom. The molecule has 0 aromatic carbocycles. The first-order valence-electron chi connectivity index (χ1n) is 11.6. The normalized spacial score (nSPS) is 23.2. The van der Waals surface area contributed by atoms with Crippen LogP contribution in [0.2, 0.25) is 0 Å². The lowest BCUT2D eigenvalue weighted by atomic mass is 9.98. The van der Waals surface area contributed by atoms with E-state index >= 15 is 0 Å². The van der Waals surface area contributed by atoms with Gasteiger partial charge in [0.15, 0.2) is 5.96 Å². The third-order valence-corrected chi connectivity index (χ3v) is 5.32. The molecule has 2 heterocycles. The van der Waals surface area contributed by atoms with E-state index < -0.39 is 11.2 Å². The number of nitrogens with zero attached hydrogens (tertiary/aromatic N) is 3. The van der Waals surface area contributed by atoms with Crippen molar-refractivity contribution in [2.45, 2.75) is 58.7 Å². The van der Waals surface area contributed by atoms with Gasteiger partial charge in [0.1, 0.15) is 5.60 Å². The molecular weight excluding hydrogens is 398 g/mol. The highest BCUT2D eigenvalue weighted by atomic mass is 16.6. The number of likely N-dealkylation sites (tertiary alicyclic amines) is 1. The van der Waals surface area contributed by atoms with Crippen molar-refractivity contribution in [3.8, 4) is 0 Å². The number of aliphatic hydroxyl groups is 1. The fraction of sp³-hybridized carbons (Fsp3) is 0.909. The number of ether oxygens (including phenoxy) is 2. The van der Waals surface area contributed by atoms with Gasteiger partial charge in [-0.25, -0.2) is 4.79 Å². The third-order valence-electron chi connectivity index (χ3n) is 5.32. The Morgan fingerprint density at radius 3 is 2.55 bits per heavy atom. The standard InChI is InChI=1S/C22H43N5O4/c1-6-23-19(25-16-22(5,29)17-26-10-12-30-13-11-26)24-14-18-8-7-9-27(15-18)20(28)31-21(2,3)4/h18,29H,6-17H2,1-5H3,(H2,23,24,25). The van der Waals surface area contributed by atoms with Crippen molar-refractivity contribution < 1.29 is 19.4 Å². The minimum atomic E-state index is -0.905. The summed E-state index contributed by atoms with van der Waals surface area (Å²) in [6, 6.07) is 0. The zero-order chi connectivity index (χ0) is 22.9. The number of hydrogen-bond acceptors (Lipinski definition) is 6. The second-order valence-electron chi connectivity index (χ2n) is 9.90. The summed E-state index contributed by atoms with van der Waals surface area (Å²) in [6.45, 7) is 16.4. The van der Waals surface area contributed by atoms with Crippen LogP contribution in [0, 0.1) is 5.92 Å². The molecule has 2 rings (SSSR count). The van der Waals surface area contributed by atoms with E-state index in [1.165, 1.54) is 0 Å². The van der Waals surface area contributed by atoms with Crippen LogP contribution in [-0.2, 0) is 9.47 Å². The van der Waals surface area contributed by atoms with E-state index in [4.69, 9.17) is 9.47 Å². The largest absolute Gasteiger partial charge is 0.444 e. The summed E-state index contributed by atoms with van der Waals surface area (Å²) in [4.78, 5) is 21.0. The highest BCUT2D eigenvalue weighted by Crippen LogP contribution is 2.19. The van der Waals surface area contributed by atoms with Gasteiger partial charge in [-0.2, -0.15) is 0 Å². The number of carbonyl (C=O) groups is 1. The predicted octanol–water partition coefficient (Wildman–Crippen LogP) is 1.27. The number of piperidine rings is 1. The molecule has 0 radical (unpaired) electrons. The molecule has 0 spiro atoms. The molecule has 1 amide bonds. The molecule has 2 aliphatic heterocycles. The van der Waals surface area contributed by atoms with Crippen LogP contribution < -0.4 is 10.6 Å². The maximum atomic E-state index is 12.4. The Balaban J connectivity index is 1.84. The highest BCUT2D eigenvalue weighted by molar-refractivity contribution is 5.79. The fourth-order valence-corrected chi connectivity index (χ4v) is 3.85. The van der Waals surface area contributed by atoms with Crippen molar-refractivity contribution >= 4 is 12.1 Å². The SMILES string of the molecule is CCNC(=NCC(C)(O)CN1CCOCC1)NCC1CCCN(C(=O)OC(C)(C)C)C1. The Kier molecular flexibility index (Phi) is 9.84. The molecule has 3 N–H and O–H groups in total. The second-order valence-corrected chi connectivity index (χ2v) is 9.90. The average molecular weight is 442 g/mol. The van der Waals surface area contributed by atoms with Crippen LogP contribution in [0.5, 0.6) is 0 Å². The Hall–Kier alpha value is -1.58. The summed E-state index contributed by atoms with van der Waals surface area (Å²) in [6.07, 6.45) is 1.78. The van der Waals surface area contributed by atoms with Crippen LogP contribution in [0.1, 0.15) is 47.5 Å². The molecular formula is C22H43N5O4. The molecule has 0 aromatic rings. The molecule has 9 nitrogen and oxygen atoms in total. The average Bonchev–Trinajstić information content (AvgIpc) is 2.69. The van der Waals surface area contributed by atoms with E-state index in [0.717, 1.165) is 45.6 Å². The number of guanidine groups is 1. The van der Waals surface area contributed by atoms with Gasteiger partial charge in [-0.1, -0.05) is 0 Å². The van der Waals surface area contributed by atoms with Crippen LogP contribution >= 0.6 is 0 Å². The summed E-state index contributed by atoms with van der Waals surface area (Å²) in [5, 5.41) is 17.4. The molecule has 9 heteroatoms. The number of amides is 1. The van der Waals surface area contributed by atoms with Crippen LogP contribution in [-0.4, -0.2) is 104 Å². The summed E-state index contributed by atoms with van der Waals surface area (Å²) in [7, 11) is 0. The number of hydrogen-bond donors (Lipinski definition) is 3. The Morgan fingerprint density at radius 1 is 1.19 bits per heavy atom. The monoisotopic (exact) mass is 441 g/mol. The summed E-state index contributed by atoms with van der Waals surface area (Å²) in [5.74, 6) is 1.03. The molecule has 31 heavy (non-hydrogen) atoms. The van der Waals surface area contributed by atoms with Gasteiger partial charge in [0.05, 0.1) is 25.4 Å². The lowest BCUT2D eigenvalue weighted by molar-refractivity contribution is -0.0180. The van der Waals surface area contributed by atoms with Crippen LogP contribution in [0.4, 0.5) is 4.79 Å². The molecule has 2 aliphatic rings. The number of nitrogens with one attached hydrogen (secondary N) is 2. The maximum absolute atomic E-state index is 12.4. The number of carbonyl (C=O) groups excluding carboxylic acids is 1. The van der Waals surface area contributed by atoms with Crippen molar-refractivity contribution in [2.75, 3.05) is 65.6 Å². The topological polar surface area (TPSA) is 98.7 Å². The van der Waals surface area contributed by atoms with E-state index in [2.05, 4.69) is 20.5 Å². The molecule has 2 fully saturated rings. The van der Waals surface area contributed by atoms with E-state index in [1.54, 1.807) is 4.90 Å². The molecule has 0 aromatic heterocycles. The number of morpholine rings is 1. The minimum Gasteiger partial charge on any atom is -0.444 e. The summed E-state index contributed by atoms with van der Waals surface area (Å²) < 4.78 is 10.9. The summed E-state index contributed by atoms with van der Waals surface area (Å²) >= 11 is 0. The number of rotatable bonds is 7. The number of β-amino-alcohol motifs (C(OH)–C–C–N with tert-alkyl or cyclic N) is 1. The Labute approximate surface area is 187 Å². The van der Waals surface area contributed by atoms with Gasteiger partial charge in [-0.3, -0.25) is 9.89 Å². The van der Waals surface area contributed by atoms with Gasteiger partial charge >= 0.3 is 6.09 Å². The zero-order valence-electron chi connectivity index (χ0n) is 20.1. The lowest BCUT2D eigenvalue weighted by Gasteiger charge is -2.34. The van der Waals surface area contributed by atoms with E-state index in [0.29, 0.717) is 44.7 Å². The first-order valence-corrected chi connectivity index (χ1v) is 11.6. The second kappa shape index (κ2) is 11.9. The Bertz CT molecular complexity index is 585. The molecule has 180 valence electrons. The first kappa shape index (κ1) is 25.7. The number of aliphatic imine (C=N–C) groups is 1. The van der Waals surface area contributed by atoms with E-state index in [-0.39, 0.29) is 6.09 Å². The lowest BCUT2D eigenvalue weighted by Crippen LogP contribution is -2.49. The molecule has 2 saturated heterocycles. The smallest absolute Gasteiger partial charge is 0.410 e. The first-order chi connectivity index (χ1) is 14.6. The van der Waals surface area contributed by atoms with Gasteiger partial charge in [0.2, 0.25) is 0 Å². The van der Waals surface area contributed by atoms with Crippen molar-refractivity contribution in [3.05, 3.63) is 0 Å². The zero-order valence-corrected chi connectivity index (χ0v) is 20.1. The van der Waals surface area contributed by atoms with Crippen LogP contribution in [0.25, 0.3) is 0 Å². The van der Waals surface area contributed by atoms with Crippen molar-refractivity contribution in [2.24, 2.45) is 10.9 Å². The molecule has 0 bridgehead atoms. The van der Waals surface area contributed by atoms with Gasteiger partial charge in [-0.15, -0.1) is 0 Å². The summed E-state index contributed by atoms with van der Waals surface area (Å²) in [5.41, 5.74) is -1.39. The van der Waals surface area contributed by atoms with Crippen molar-refractivity contribution in [3.63, 3.8) is 0 Å². The fourth-order valence-electron chi connectivity index (χ4n) is 3.85.